The van der Waals surface area contributed by atoms with Crippen LogP contribution in [0.3, 0.4) is 0 Å². The summed E-state index contributed by atoms with van der Waals surface area (Å²) in [6.07, 6.45) is 2.00. The van der Waals surface area contributed by atoms with Gasteiger partial charge in [0, 0.05) is 61.4 Å². The van der Waals surface area contributed by atoms with Crippen LogP contribution >= 0.6 is 23.2 Å². The number of nitrogens with zero attached hydrogens (tertiary/aromatic N) is 3. The molecule has 0 aromatic heterocycles. The van der Waals surface area contributed by atoms with Gasteiger partial charge in [0.25, 0.3) is 0 Å². The third kappa shape index (κ3) is 5.36. The summed E-state index contributed by atoms with van der Waals surface area (Å²) in [6, 6.07) is 16.2. The number of benzene rings is 2. The molecule has 2 aromatic carbocycles. The lowest BCUT2D eigenvalue weighted by Gasteiger charge is -2.39. The molecular formula is C24H29Cl2N3O. The molecule has 2 aliphatic rings. The molecule has 4 rings (SSSR count). The number of piperidine rings is 1. The van der Waals surface area contributed by atoms with Crippen LogP contribution in [0.2, 0.25) is 10.0 Å². The molecule has 2 heterocycles. The molecule has 2 aliphatic heterocycles. The number of carbonyl (C=O) groups excluding carboxylic acids is 1. The summed E-state index contributed by atoms with van der Waals surface area (Å²) in [7, 11) is 0. The Morgan fingerprint density at radius 2 is 1.53 bits per heavy atom. The number of hydrogen-bond donors (Lipinski definition) is 0. The first kappa shape index (κ1) is 21.6. The molecule has 2 saturated heterocycles. The van der Waals surface area contributed by atoms with Crippen molar-refractivity contribution < 1.29 is 4.79 Å². The molecule has 160 valence electrons. The van der Waals surface area contributed by atoms with E-state index in [1.54, 1.807) is 0 Å². The summed E-state index contributed by atoms with van der Waals surface area (Å²) < 4.78 is 0. The molecule has 4 nitrogen and oxygen atoms in total. The Balaban J connectivity index is 1.29. The number of hydrogen-bond acceptors (Lipinski definition) is 3. The number of piperazine rings is 1. The second-order valence-corrected chi connectivity index (χ2v) is 9.18. The molecule has 0 saturated carbocycles. The minimum atomic E-state index is 0.0701. The summed E-state index contributed by atoms with van der Waals surface area (Å²) >= 11 is 12.7. The van der Waals surface area contributed by atoms with Crippen LogP contribution in [0.5, 0.6) is 0 Å². The highest BCUT2D eigenvalue weighted by molar-refractivity contribution is 6.35. The molecule has 1 unspecified atom stereocenters. The van der Waals surface area contributed by atoms with Crippen LogP contribution < -0.4 is 0 Å². The SMILES string of the molecule is O=C(C1CCCN(Cc2c(Cl)cccc2Cl)C1)N1CCN(Cc2ccccc2)CC1. The van der Waals surface area contributed by atoms with E-state index < -0.39 is 0 Å². The Morgan fingerprint density at radius 1 is 0.833 bits per heavy atom. The third-order valence-corrected chi connectivity index (χ3v) is 6.94. The van der Waals surface area contributed by atoms with Gasteiger partial charge in [-0.15, -0.1) is 0 Å². The first-order valence-electron chi connectivity index (χ1n) is 10.8. The fourth-order valence-electron chi connectivity index (χ4n) is 4.53. The molecule has 0 aliphatic carbocycles. The molecule has 2 aromatic rings. The standard InChI is InChI=1S/C24H29Cl2N3O/c25-22-9-4-10-23(26)21(22)18-28-11-5-8-20(17-28)24(30)29-14-12-27(13-15-29)16-19-6-2-1-3-7-19/h1-4,6-7,9-10,20H,5,8,11-18H2. The first-order valence-corrected chi connectivity index (χ1v) is 11.6. The predicted octanol–water partition coefficient (Wildman–Crippen LogP) is 4.55. The Morgan fingerprint density at radius 3 is 2.23 bits per heavy atom. The Kier molecular flexibility index (Phi) is 7.32. The molecule has 2 fully saturated rings. The Labute approximate surface area is 189 Å². The molecule has 1 amide bonds. The lowest BCUT2D eigenvalue weighted by Crippen LogP contribution is -2.52. The fourth-order valence-corrected chi connectivity index (χ4v) is 5.05. The largest absolute Gasteiger partial charge is 0.340 e. The van der Waals surface area contributed by atoms with Crippen LogP contribution in [0, 0.1) is 5.92 Å². The van der Waals surface area contributed by atoms with Crippen molar-refractivity contribution in [1.29, 1.82) is 0 Å². The molecule has 6 heteroatoms. The number of rotatable bonds is 5. The van der Waals surface area contributed by atoms with Crippen LogP contribution in [-0.2, 0) is 17.9 Å². The topological polar surface area (TPSA) is 26.8 Å². The van der Waals surface area contributed by atoms with E-state index in [0.717, 1.165) is 64.2 Å². The summed E-state index contributed by atoms with van der Waals surface area (Å²) in [5.41, 5.74) is 2.29. The summed E-state index contributed by atoms with van der Waals surface area (Å²) in [6.45, 7) is 6.93. The van der Waals surface area contributed by atoms with Crippen LogP contribution in [0.15, 0.2) is 48.5 Å². The molecule has 1 atom stereocenters. The van der Waals surface area contributed by atoms with Gasteiger partial charge in [0.2, 0.25) is 5.91 Å². The van der Waals surface area contributed by atoms with Gasteiger partial charge in [-0.2, -0.15) is 0 Å². The van der Waals surface area contributed by atoms with Crippen molar-refractivity contribution in [2.75, 3.05) is 39.3 Å². The number of carbonyl (C=O) groups is 1. The van der Waals surface area contributed by atoms with Gasteiger partial charge in [0.15, 0.2) is 0 Å². The zero-order valence-corrected chi connectivity index (χ0v) is 18.8. The second kappa shape index (κ2) is 10.1. The van der Waals surface area contributed by atoms with Crippen molar-refractivity contribution in [3.63, 3.8) is 0 Å². The summed E-state index contributed by atoms with van der Waals surface area (Å²) in [5, 5.41) is 1.40. The third-order valence-electron chi connectivity index (χ3n) is 6.23. The van der Waals surface area contributed by atoms with Gasteiger partial charge in [-0.1, -0.05) is 59.6 Å². The molecule has 0 radical (unpaired) electrons. The van der Waals surface area contributed by atoms with E-state index in [4.69, 9.17) is 23.2 Å². The van der Waals surface area contributed by atoms with E-state index in [1.165, 1.54) is 5.56 Å². The van der Waals surface area contributed by atoms with Crippen molar-refractivity contribution in [1.82, 2.24) is 14.7 Å². The van der Waals surface area contributed by atoms with Crippen LogP contribution in [0.4, 0.5) is 0 Å². The first-order chi connectivity index (χ1) is 14.6. The van der Waals surface area contributed by atoms with E-state index in [2.05, 4.69) is 39.0 Å². The Hall–Kier alpha value is -1.59. The van der Waals surface area contributed by atoms with Crippen molar-refractivity contribution in [3.8, 4) is 0 Å². The van der Waals surface area contributed by atoms with Crippen molar-refractivity contribution >= 4 is 29.1 Å². The van der Waals surface area contributed by atoms with Gasteiger partial charge in [-0.25, -0.2) is 0 Å². The van der Waals surface area contributed by atoms with Gasteiger partial charge in [0.1, 0.15) is 0 Å². The highest BCUT2D eigenvalue weighted by Crippen LogP contribution is 2.28. The monoisotopic (exact) mass is 445 g/mol. The minimum Gasteiger partial charge on any atom is -0.340 e. The maximum absolute atomic E-state index is 13.2. The molecule has 0 bridgehead atoms. The van der Waals surface area contributed by atoms with Gasteiger partial charge >= 0.3 is 0 Å². The fraction of sp³-hybridized carbons (Fsp3) is 0.458. The zero-order chi connectivity index (χ0) is 20.9. The number of halogens is 2. The number of likely N-dealkylation sites (tertiary alicyclic amines) is 1. The van der Waals surface area contributed by atoms with Crippen LogP contribution in [0.1, 0.15) is 24.0 Å². The lowest BCUT2D eigenvalue weighted by molar-refractivity contribution is -0.139. The van der Waals surface area contributed by atoms with E-state index >= 15 is 0 Å². The zero-order valence-electron chi connectivity index (χ0n) is 17.3. The molecular weight excluding hydrogens is 417 g/mol. The summed E-state index contributed by atoms with van der Waals surface area (Å²) in [5.74, 6) is 0.380. The number of amides is 1. The van der Waals surface area contributed by atoms with Gasteiger partial charge in [0.05, 0.1) is 5.92 Å². The average molecular weight is 446 g/mol. The van der Waals surface area contributed by atoms with E-state index in [9.17, 15) is 4.79 Å². The van der Waals surface area contributed by atoms with Crippen molar-refractivity contribution in [2.45, 2.75) is 25.9 Å². The van der Waals surface area contributed by atoms with Gasteiger partial charge in [-0.05, 0) is 37.1 Å². The smallest absolute Gasteiger partial charge is 0.227 e. The van der Waals surface area contributed by atoms with E-state index in [0.29, 0.717) is 22.5 Å². The maximum Gasteiger partial charge on any atom is 0.227 e. The van der Waals surface area contributed by atoms with Crippen molar-refractivity contribution in [3.05, 3.63) is 69.7 Å². The van der Waals surface area contributed by atoms with E-state index in [1.807, 2.05) is 24.3 Å². The average Bonchev–Trinajstić information content (AvgIpc) is 2.77. The van der Waals surface area contributed by atoms with Crippen molar-refractivity contribution in [2.24, 2.45) is 5.92 Å². The normalized spacial score (nSPS) is 21.0. The van der Waals surface area contributed by atoms with Crippen LogP contribution in [-0.4, -0.2) is 59.9 Å². The lowest BCUT2D eigenvalue weighted by atomic mass is 9.95. The second-order valence-electron chi connectivity index (χ2n) is 8.36. The highest BCUT2D eigenvalue weighted by atomic mass is 35.5. The van der Waals surface area contributed by atoms with Gasteiger partial charge in [-0.3, -0.25) is 14.6 Å². The highest BCUT2D eigenvalue weighted by Gasteiger charge is 2.31. The Bertz CT molecular complexity index is 833. The van der Waals surface area contributed by atoms with Crippen LogP contribution in [0.25, 0.3) is 0 Å². The van der Waals surface area contributed by atoms with E-state index in [-0.39, 0.29) is 5.92 Å². The quantitative estimate of drug-likeness (QED) is 0.675. The predicted molar refractivity (Wildman–Crippen MR) is 123 cm³/mol. The molecule has 0 spiro atoms. The minimum absolute atomic E-state index is 0.0701. The maximum atomic E-state index is 13.2. The summed E-state index contributed by atoms with van der Waals surface area (Å²) in [4.78, 5) is 20.0. The molecule has 0 N–H and O–H groups in total. The van der Waals surface area contributed by atoms with Gasteiger partial charge < -0.3 is 4.90 Å². The molecule has 30 heavy (non-hydrogen) atoms.